The number of nitrogens with one attached hydrogen (secondary N) is 1. The van der Waals surface area contributed by atoms with Crippen molar-refractivity contribution in [1.82, 2.24) is 14.7 Å². The third kappa shape index (κ3) is 2.90. The molecule has 6 heteroatoms. The van der Waals surface area contributed by atoms with Crippen LogP contribution in [0, 0.1) is 0 Å². The molecule has 0 amide bonds. The Kier molecular flexibility index (Phi) is 4.14. The standard InChI is InChI=1S/C15H17ClN4S/c1-17-9-13-14(18-15-20(13)6-7-21-15)19(2)10-11-4-3-5-12(16)8-11/h3-8,17H,9-10H2,1-2H3. The van der Waals surface area contributed by atoms with Gasteiger partial charge in [0.05, 0.1) is 5.69 Å². The Morgan fingerprint density at radius 1 is 1.43 bits per heavy atom. The van der Waals surface area contributed by atoms with Gasteiger partial charge in [0.25, 0.3) is 0 Å². The van der Waals surface area contributed by atoms with E-state index < -0.39 is 0 Å². The Morgan fingerprint density at radius 2 is 2.29 bits per heavy atom. The summed E-state index contributed by atoms with van der Waals surface area (Å²) in [5.74, 6) is 1.01. The van der Waals surface area contributed by atoms with Gasteiger partial charge >= 0.3 is 0 Å². The Bertz CT molecular complexity index is 749. The zero-order valence-electron chi connectivity index (χ0n) is 12.0. The number of hydrogen-bond donors (Lipinski definition) is 1. The second-order valence-corrected chi connectivity index (χ2v) is 6.26. The van der Waals surface area contributed by atoms with Crippen molar-refractivity contribution in [3.8, 4) is 0 Å². The molecule has 3 aromatic rings. The predicted octanol–water partition coefficient (Wildman–Crippen LogP) is 3.41. The molecule has 0 aliphatic heterocycles. The van der Waals surface area contributed by atoms with Crippen LogP contribution in [-0.2, 0) is 13.1 Å². The van der Waals surface area contributed by atoms with E-state index in [2.05, 4.69) is 39.3 Å². The van der Waals surface area contributed by atoms with Crippen LogP contribution in [0.2, 0.25) is 5.02 Å². The monoisotopic (exact) mass is 320 g/mol. The summed E-state index contributed by atoms with van der Waals surface area (Å²) >= 11 is 7.71. The fraction of sp³-hybridized carbons (Fsp3) is 0.267. The molecule has 0 aliphatic carbocycles. The highest BCUT2D eigenvalue weighted by Crippen LogP contribution is 2.25. The average molecular weight is 321 g/mol. The molecular weight excluding hydrogens is 304 g/mol. The van der Waals surface area contributed by atoms with Gasteiger partial charge in [0.15, 0.2) is 10.8 Å². The van der Waals surface area contributed by atoms with Gasteiger partial charge in [-0.15, -0.1) is 11.3 Å². The van der Waals surface area contributed by atoms with Crippen LogP contribution in [0.5, 0.6) is 0 Å². The molecule has 4 nitrogen and oxygen atoms in total. The molecule has 1 N–H and O–H groups in total. The lowest BCUT2D eigenvalue weighted by Crippen LogP contribution is -2.20. The number of benzene rings is 1. The first-order valence-corrected chi connectivity index (χ1v) is 7.99. The van der Waals surface area contributed by atoms with Gasteiger partial charge in [-0.1, -0.05) is 23.7 Å². The van der Waals surface area contributed by atoms with Crippen LogP contribution in [0.4, 0.5) is 5.82 Å². The number of nitrogens with zero attached hydrogens (tertiary/aromatic N) is 3. The van der Waals surface area contributed by atoms with Crippen molar-refractivity contribution in [2.45, 2.75) is 13.1 Å². The SMILES string of the molecule is CNCc1c(N(C)Cc2cccc(Cl)c2)nc2sccn12. The Hall–Kier alpha value is -1.56. The van der Waals surface area contributed by atoms with E-state index in [4.69, 9.17) is 16.6 Å². The molecule has 0 saturated carbocycles. The smallest absolute Gasteiger partial charge is 0.195 e. The van der Waals surface area contributed by atoms with Gasteiger partial charge in [0, 0.05) is 36.7 Å². The molecule has 0 aliphatic rings. The number of anilines is 1. The van der Waals surface area contributed by atoms with Crippen molar-refractivity contribution in [2.75, 3.05) is 19.0 Å². The first kappa shape index (κ1) is 14.4. The highest BCUT2D eigenvalue weighted by atomic mass is 35.5. The van der Waals surface area contributed by atoms with E-state index in [1.807, 2.05) is 25.2 Å². The molecular formula is C15H17ClN4S. The van der Waals surface area contributed by atoms with Crippen LogP contribution >= 0.6 is 22.9 Å². The van der Waals surface area contributed by atoms with Crippen LogP contribution in [0.25, 0.3) is 4.96 Å². The summed E-state index contributed by atoms with van der Waals surface area (Å²) in [6.07, 6.45) is 2.07. The molecule has 0 spiro atoms. The summed E-state index contributed by atoms with van der Waals surface area (Å²) in [6.45, 7) is 1.56. The Morgan fingerprint density at radius 3 is 3.05 bits per heavy atom. The van der Waals surface area contributed by atoms with Gasteiger partial charge in [-0.05, 0) is 24.7 Å². The van der Waals surface area contributed by atoms with E-state index in [9.17, 15) is 0 Å². The molecule has 2 aromatic heterocycles. The number of hydrogen-bond acceptors (Lipinski definition) is 4. The number of rotatable bonds is 5. The first-order valence-electron chi connectivity index (χ1n) is 6.73. The third-order valence-electron chi connectivity index (χ3n) is 3.35. The zero-order chi connectivity index (χ0) is 14.8. The third-order valence-corrected chi connectivity index (χ3v) is 4.35. The largest absolute Gasteiger partial charge is 0.354 e. The van der Waals surface area contributed by atoms with Crippen molar-refractivity contribution in [3.63, 3.8) is 0 Å². The molecule has 3 rings (SSSR count). The van der Waals surface area contributed by atoms with E-state index in [-0.39, 0.29) is 0 Å². The van der Waals surface area contributed by atoms with E-state index >= 15 is 0 Å². The van der Waals surface area contributed by atoms with Gasteiger partial charge in [-0.2, -0.15) is 0 Å². The maximum atomic E-state index is 6.06. The summed E-state index contributed by atoms with van der Waals surface area (Å²) in [7, 11) is 4.01. The van der Waals surface area contributed by atoms with Crippen molar-refractivity contribution >= 4 is 33.7 Å². The molecule has 21 heavy (non-hydrogen) atoms. The maximum Gasteiger partial charge on any atom is 0.195 e. The minimum Gasteiger partial charge on any atom is -0.354 e. The zero-order valence-corrected chi connectivity index (χ0v) is 13.6. The second kappa shape index (κ2) is 6.05. The lowest BCUT2D eigenvalue weighted by Gasteiger charge is -2.18. The quantitative estimate of drug-likeness (QED) is 0.782. The fourth-order valence-corrected chi connectivity index (χ4v) is 3.38. The lowest BCUT2D eigenvalue weighted by atomic mass is 10.2. The number of aromatic nitrogens is 2. The molecule has 0 radical (unpaired) electrons. The molecule has 0 bridgehead atoms. The minimum absolute atomic E-state index is 0.766. The summed E-state index contributed by atoms with van der Waals surface area (Å²) in [4.78, 5) is 7.93. The highest BCUT2D eigenvalue weighted by Gasteiger charge is 2.16. The van der Waals surface area contributed by atoms with Gasteiger partial charge in [0.1, 0.15) is 0 Å². The molecule has 0 fully saturated rings. The van der Waals surface area contributed by atoms with E-state index in [0.29, 0.717) is 0 Å². The van der Waals surface area contributed by atoms with Crippen molar-refractivity contribution < 1.29 is 0 Å². The van der Waals surface area contributed by atoms with E-state index in [1.54, 1.807) is 11.3 Å². The number of thiazole rings is 1. The van der Waals surface area contributed by atoms with Crippen LogP contribution < -0.4 is 10.2 Å². The predicted molar refractivity (Wildman–Crippen MR) is 89.4 cm³/mol. The molecule has 0 saturated heterocycles. The van der Waals surface area contributed by atoms with Crippen molar-refractivity contribution in [3.05, 3.63) is 52.1 Å². The molecule has 1 aromatic carbocycles. The summed E-state index contributed by atoms with van der Waals surface area (Å²) in [5, 5.41) is 6.04. The Labute approximate surface area is 133 Å². The van der Waals surface area contributed by atoms with E-state index in [1.165, 1.54) is 11.3 Å². The number of imidazole rings is 1. The van der Waals surface area contributed by atoms with Crippen LogP contribution in [0.15, 0.2) is 35.8 Å². The average Bonchev–Trinajstić information content (AvgIpc) is 3.01. The summed E-state index contributed by atoms with van der Waals surface area (Å²) in [6, 6.07) is 7.95. The normalized spacial score (nSPS) is 11.2. The lowest BCUT2D eigenvalue weighted by molar-refractivity contribution is 0.772. The first-order chi connectivity index (χ1) is 10.2. The van der Waals surface area contributed by atoms with Crippen molar-refractivity contribution in [1.29, 1.82) is 0 Å². The molecule has 2 heterocycles. The second-order valence-electron chi connectivity index (χ2n) is 4.95. The topological polar surface area (TPSA) is 32.6 Å². The van der Waals surface area contributed by atoms with Crippen LogP contribution in [0.3, 0.4) is 0 Å². The summed E-state index contributed by atoms with van der Waals surface area (Å²) in [5.41, 5.74) is 2.36. The van der Waals surface area contributed by atoms with E-state index in [0.717, 1.165) is 28.9 Å². The van der Waals surface area contributed by atoms with Gasteiger partial charge < -0.3 is 10.2 Å². The molecule has 0 atom stereocenters. The number of halogens is 1. The Balaban J connectivity index is 1.91. The van der Waals surface area contributed by atoms with Crippen LogP contribution in [-0.4, -0.2) is 23.5 Å². The van der Waals surface area contributed by atoms with Crippen molar-refractivity contribution in [2.24, 2.45) is 0 Å². The van der Waals surface area contributed by atoms with Gasteiger partial charge in [0.2, 0.25) is 0 Å². The van der Waals surface area contributed by atoms with Gasteiger partial charge in [-0.3, -0.25) is 4.40 Å². The van der Waals surface area contributed by atoms with Crippen LogP contribution in [0.1, 0.15) is 11.3 Å². The highest BCUT2D eigenvalue weighted by molar-refractivity contribution is 7.15. The fourth-order valence-electron chi connectivity index (χ4n) is 2.44. The molecule has 0 unspecified atom stereocenters. The summed E-state index contributed by atoms with van der Waals surface area (Å²) < 4.78 is 2.14. The number of fused-ring (bicyclic) bond motifs is 1. The minimum atomic E-state index is 0.766. The maximum absolute atomic E-state index is 6.06. The molecule has 110 valence electrons. The van der Waals surface area contributed by atoms with Gasteiger partial charge in [-0.25, -0.2) is 4.98 Å².